The quantitative estimate of drug-likeness (QED) is 0.569. The van der Waals surface area contributed by atoms with E-state index in [1.165, 1.54) is 0 Å². The summed E-state index contributed by atoms with van der Waals surface area (Å²) in [6.07, 6.45) is 2.69. The molecule has 4 aromatic rings. The van der Waals surface area contributed by atoms with E-state index in [-0.39, 0.29) is 5.91 Å². The number of rotatable bonds is 3. The van der Waals surface area contributed by atoms with Gasteiger partial charge in [-0.3, -0.25) is 9.78 Å². The van der Waals surface area contributed by atoms with Crippen molar-refractivity contribution in [2.24, 2.45) is 0 Å². The second kappa shape index (κ2) is 6.53. The lowest BCUT2D eigenvalue weighted by molar-refractivity contribution is 0.0946. The van der Waals surface area contributed by atoms with Crippen LogP contribution in [0.15, 0.2) is 60.8 Å². The summed E-state index contributed by atoms with van der Waals surface area (Å²) in [5, 5.41) is 3.97. The first-order chi connectivity index (χ1) is 13.7. The highest BCUT2D eigenvalue weighted by atomic mass is 16.5. The number of nitrogens with one attached hydrogen (secondary N) is 2. The second-order valence-electron chi connectivity index (χ2n) is 6.91. The van der Waals surface area contributed by atoms with Crippen molar-refractivity contribution in [1.82, 2.24) is 15.3 Å². The number of H-pyrrole nitrogens is 1. The number of para-hydroxylation sites is 1. The van der Waals surface area contributed by atoms with Crippen molar-refractivity contribution in [3.05, 3.63) is 72.1 Å². The van der Waals surface area contributed by atoms with Crippen LogP contribution < -0.4 is 10.1 Å². The van der Waals surface area contributed by atoms with Crippen LogP contribution in [0.3, 0.4) is 0 Å². The molecule has 0 unspecified atom stereocenters. The van der Waals surface area contributed by atoms with Gasteiger partial charge in [0.2, 0.25) is 0 Å². The van der Waals surface area contributed by atoms with Gasteiger partial charge in [-0.1, -0.05) is 18.2 Å². The maximum Gasteiger partial charge on any atom is 0.253 e. The highest BCUT2D eigenvalue weighted by Crippen LogP contribution is 2.35. The molecule has 0 saturated carbocycles. The maximum absolute atomic E-state index is 12.1. The molecule has 0 radical (unpaired) electrons. The fraction of sp³-hybridized carbons (Fsp3) is 0.130. The average molecular weight is 369 g/mol. The van der Waals surface area contributed by atoms with Crippen LogP contribution in [0.1, 0.15) is 16.1 Å². The molecule has 0 fully saturated rings. The largest absolute Gasteiger partial charge is 0.496 e. The summed E-state index contributed by atoms with van der Waals surface area (Å²) in [5.41, 5.74) is 6.58. The normalized spacial score (nSPS) is 13.2. The van der Waals surface area contributed by atoms with E-state index >= 15 is 0 Å². The van der Waals surface area contributed by atoms with Gasteiger partial charge in [-0.15, -0.1) is 0 Å². The van der Waals surface area contributed by atoms with E-state index in [0.29, 0.717) is 6.54 Å². The van der Waals surface area contributed by atoms with Gasteiger partial charge >= 0.3 is 0 Å². The number of carbonyl (C=O) groups excluding carboxylic acids is 1. The zero-order valence-electron chi connectivity index (χ0n) is 15.5. The average Bonchev–Trinajstić information content (AvgIpc) is 3.19. The van der Waals surface area contributed by atoms with E-state index in [4.69, 9.17) is 4.74 Å². The van der Waals surface area contributed by atoms with Gasteiger partial charge in [-0.05, 0) is 42.0 Å². The Morgan fingerprint density at radius 1 is 1.00 bits per heavy atom. The van der Waals surface area contributed by atoms with Crippen LogP contribution in [0.5, 0.6) is 5.75 Å². The molecule has 2 N–H and O–H groups in total. The Hall–Kier alpha value is -3.60. The van der Waals surface area contributed by atoms with Crippen LogP contribution in [-0.4, -0.2) is 29.5 Å². The summed E-state index contributed by atoms with van der Waals surface area (Å²) in [6, 6.07) is 18.1. The minimum atomic E-state index is -0.0174. The Kier molecular flexibility index (Phi) is 3.86. The molecule has 1 amide bonds. The summed E-state index contributed by atoms with van der Waals surface area (Å²) >= 11 is 0. The number of ether oxygens (including phenoxy) is 1. The predicted molar refractivity (Wildman–Crippen MR) is 110 cm³/mol. The summed E-state index contributed by atoms with van der Waals surface area (Å²) in [4.78, 5) is 20.1. The highest BCUT2D eigenvalue weighted by Gasteiger charge is 2.20. The van der Waals surface area contributed by atoms with E-state index in [1.54, 1.807) is 7.11 Å². The minimum Gasteiger partial charge on any atom is -0.496 e. The van der Waals surface area contributed by atoms with E-state index in [0.717, 1.165) is 56.7 Å². The number of pyridine rings is 1. The number of hydrogen-bond acceptors (Lipinski definition) is 3. The third-order valence-corrected chi connectivity index (χ3v) is 5.22. The Morgan fingerprint density at radius 3 is 2.75 bits per heavy atom. The standard InChI is InChI=1S/C23H19N3O2/c1-28-22-7-6-15(21-12-18-20(26-21)8-9-24-23(18)27)11-17(22)16-10-14-4-2-3-5-19(14)25-13-16/h2-7,10-13,26H,8-9H2,1H3,(H,24,27). The van der Waals surface area contributed by atoms with Gasteiger partial charge in [-0.25, -0.2) is 0 Å². The Morgan fingerprint density at radius 2 is 1.89 bits per heavy atom. The van der Waals surface area contributed by atoms with Gasteiger partial charge in [0.05, 0.1) is 18.2 Å². The molecule has 3 heterocycles. The molecule has 5 nitrogen and oxygen atoms in total. The zero-order chi connectivity index (χ0) is 19.1. The third kappa shape index (κ3) is 2.72. The smallest absolute Gasteiger partial charge is 0.253 e. The lowest BCUT2D eigenvalue weighted by Crippen LogP contribution is -2.31. The number of aromatic nitrogens is 2. The molecule has 2 aromatic carbocycles. The van der Waals surface area contributed by atoms with Crippen LogP contribution in [0, 0.1) is 0 Å². The second-order valence-corrected chi connectivity index (χ2v) is 6.91. The number of hydrogen-bond donors (Lipinski definition) is 2. The fourth-order valence-electron chi connectivity index (χ4n) is 3.77. The van der Waals surface area contributed by atoms with Crippen molar-refractivity contribution in [2.45, 2.75) is 6.42 Å². The monoisotopic (exact) mass is 369 g/mol. The van der Waals surface area contributed by atoms with Crippen molar-refractivity contribution < 1.29 is 9.53 Å². The van der Waals surface area contributed by atoms with Crippen molar-refractivity contribution >= 4 is 16.8 Å². The van der Waals surface area contributed by atoms with Gasteiger partial charge < -0.3 is 15.0 Å². The molecule has 0 aliphatic carbocycles. The Labute approximate surface area is 162 Å². The molecule has 0 bridgehead atoms. The molecule has 0 saturated heterocycles. The molecule has 5 heteroatoms. The summed E-state index contributed by atoms with van der Waals surface area (Å²) in [7, 11) is 1.67. The number of fused-ring (bicyclic) bond motifs is 2. The topological polar surface area (TPSA) is 67.0 Å². The molecule has 138 valence electrons. The van der Waals surface area contributed by atoms with E-state index in [9.17, 15) is 4.79 Å². The van der Waals surface area contributed by atoms with Crippen LogP contribution in [-0.2, 0) is 6.42 Å². The van der Waals surface area contributed by atoms with E-state index in [1.807, 2.05) is 42.6 Å². The maximum atomic E-state index is 12.1. The molecule has 1 aliphatic rings. The Bertz CT molecular complexity index is 1210. The highest BCUT2D eigenvalue weighted by molar-refractivity contribution is 5.98. The van der Waals surface area contributed by atoms with Crippen LogP contribution >= 0.6 is 0 Å². The molecule has 0 spiro atoms. The van der Waals surface area contributed by atoms with Gasteiger partial charge in [-0.2, -0.15) is 0 Å². The molecular weight excluding hydrogens is 350 g/mol. The molecule has 5 rings (SSSR count). The predicted octanol–water partition coefficient (Wildman–Crippen LogP) is 4.19. The first-order valence-electron chi connectivity index (χ1n) is 9.26. The van der Waals surface area contributed by atoms with Crippen LogP contribution in [0.4, 0.5) is 0 Å². The lowest BCUT2D eigenvalue weighted by atomic mass is 10.0. The SMILES string of the molecule is COc1ccc(-c2cc3c([nH]2)CCNC3=O)cc1-c1cnc2ccccc2c1. The number of aromatic amines is 1. The number of carbonyl (C=O) groups is 1. The van der Waals surface area contributed by atoms with Crippen molar-refractivity contribution in [1.29, 1.82) is 0 Å². The van der Waals surface area contributed by atoms with Crippen LogP contribution in [0.25, 0.3) is 33.3 Å². The zero-order valence-corrected chi connectivity index (χ0v) is 15.5. The summed E-state index contributed by atoms with van der Waals surface area (Å²) in [6.45, 7) is 0.669. The molecule has 28 heavy (non-hydrogen) atoms. The van der Waals surface area contributed by atoms with Crippen LogP contribution in [0.2, 0.25) is 0 Å². The van der Waals surface area contributed by atoms with Crippen molar-refractivity contribution in [3.8, 4) is 28.1 Å². The molecule has 0 atom stereocenters. The lowest BCUT2D eigenvalue weighted by Gasteiger charge is -2.11. The first kappa shape index (κ1) is 16.6. The number of benzene rings is 2. The minimum absolute atomic E-state index is 0.0174. The Balaban J connectivity index is 1.63. The van der Waals surface area contributed by atoms with Crippen molar-refractivity contribution in [2.75, 3.05) is 13.7 Å². The van der Waals surface area contributed by atoms with Gasteiger partial charge in [0.1, 0.15) is 5.75 Å². The van der Waals surface area contributed by atoms with E-state index in [2.05, 4.69) is 33.5 Å². The van der Waals surface area contributed by atoms with Gasteiger partial charge in [0, 0.05) is 47.1 Å². The fourth-order valence-corrected chi connectivity index (χ4v) is 3.77. The van der Waals surface area contributed by atoms with Gasteiger partial charge in [0.15, 0.2) is 0 Å². The van der Waals surface area contributed by atoms with E-state index < -0.39 is 0 Å². The summed E-state index contributed by atoms with van der Waals surface area (Å²) < 4.78 is 5.60. The first-order valence-corrected chi connectivity index (χ1v) is 9.26. The number of methoxy groups -OCH3 is 1. The number of amides is 1. The summed E-state index contributed by atoms with van der Waals surface area (Å²) in [5.74, 6) is 0.770. The number of nitrogens with zero attached hydrogens (tertiary/aromatic N) is 1. The molecule has 1 aliphatic heterocycles. The third-order valence-electron chi connectivity index (χ3n) is 5.22. The van der Waals surface area contributed by atoms with Gasteiger partial charge in [0.25, 0.3) is 5.91 Å². The van der Waals surface area contributed by atoms with Crippen molar-refractivity contribution in [3.63, 3.8) is 0 Å². The molecule has 2 aromatic heterocycles. The molecular formula is C23H19N3O2.